The van der Waals surface area contributed by atoms with Gasteiger partial charge in [0.25, 0.3) is 5.91 Å². The number of amides is 1. The molecular formula is C28H27N7O3. The lowest BCUT2D eigenvalue weighted by molar-refractivity contribution is 0.0523. The SMILES string of the molecule is C=C(C#N)CN1Cc2c(-c3ccc4c(c3)c(-c3cnn(C)c3)nn4C(=O)OC(C)(C)C)ccc(N)c2C1=O. The van der Waals surface area contributed by atoms with Crippen molar-refractivity contribution in [3.05, 3.63) is 66.0 Å². The molecule has 0 radical (unpaired) electrons. The fraction of sp³-hybridized carbons (Fsp3) is 0.250. The minimum atomic E-state index is -0.691. The summed E-state index contributed by atoms with van der Waals surface area (Å²) in [5.74, 6) is -0.231. The Labute approximate surface area is 219 Å². The highest BCUT2D eigenvalue weighted by molar-refractivity contribution is 6.06. The van der Waals surface area contributed by atoms with Crippen molar-refractivity contribution in [2.75, 3.05) is 12.3 Å². The number of aryl methyl sites for hydroxylation is 1. The van der Waals surface area contributed by atoms with Crippen LogP contribution in [-0.2, 0) is 18.3 Å². The number of nitrogen functional groups attached to an aromatic ring is 1. The van der Waals surface area contributed by atoms with Crippen LogP contribution in [0.1, 0.15) is 36.7 Å². The van der Waals surface area contributed by atoms with Crippen molar-refractivity contribution in [1.82, 2.24) is 24.5 Å². The maximum Gasteiger partial charge on any atom is 0.435 e. The summed E-state index contributed by atoms with van der Waals surface area (Å²) >= 11 is 0. The summed E-state index contributed by atoms with van der Waals surface area (Å²) in [6.45, 7) is 9.55. The number of rotatable bonds is 4. The van der Waals surface area contributed by atoms with Crippen LogP contribution in [0.5, 0.6) is 0 Å². The Kier molecular flexibility index (Phi) is 5.79. The number of aromatic nitrogens is 4. The molecule has 0 unspecified atom stereocenters. The second-order valence-corrected chi connectivity index (χ2v) is 10.3. The molecule has 1 aliphatic rings. The molecule has 0 bridgehead atoms. The molecule has 0 atom stereocenters. The second-order valence-electron chi connectivity index (χ2n) is 10.3. The summed E-state index contributed by atoms with van der Waals surface area (Å²) in [7, 11) is 1.81. The first-order valence-corrected chi connectivity index (χ1v) is 12.0. The predicted molar refractivity (Wildman–Crippen MR) is 143 cm³/mol. The van der Waals surface area contributed by atoms with E-state index in [-0.39, 0.29) is 12.5 Å². The van der Waals surface area contributed by atoms with Gasteiger partial charge in [-0.15, -0.1) is 0 Å². The molecule has 1 amide bonds. The number of carbonyl (C=O) groups is 2. The first-order chi connectivity index (χ1) is 18.0. The van der Waals surface area contributed by atoms with Crippen molar-refractivity contribution in [1.29, 1.82) is 5.26 Å². The molecule has 5 rings (SSSR count). The van der Waals surface area contributed by atoms with E-state index in [0.717, 1.165) is 27.6 Å². The smallest absolute Gasteiger partial charge is 0.435 e. The monoisotopic (exact) mass is 509 g/mol. The van der Waals surface area contributed by atoms with Crippen LogP contribution in [0.15, 0.2) is 54.9 Å². The van der Waals surface area contributed by atoms with Crippen molar-refractivity contribution in [3.8, 4) is 28.5 Å². The molecule has 0 spiro atoms. The molecular weight excluding hydrogens is 482 g/mol. The van der Waals surface area contributed by atoms with Crippen molar-refractivity contribution in [2.45, 2.75) is 32.9 Å². The summed E-state index contributed by atoms with van der Waals surface area (Å²) in [6, 6.07) is 11.2. The Bertz CT molecular complexity index is 1680. The molecule has 2 aromatic heterocycles. The Hall–Kier alpha value is -4.91. The maximum absolute atomic E-state index is 13.1. The third-order valence-electron chi connectivity index (χ3n) is 6.27. The molecule has 38 heavy (non-hydrogen) atoms. The van der Waals surface area contributed by atoms with Crippen LogP contribution in [0.2, 0.25) is 0 Å². The van der Waals surface area contributed by atoms with E-state index in [0.29, 0.717) is 34.6 Å². The predicted octanol–water partition coefficient (Wildman–Crippen LogP) is 4.50. The van der Waals surface area contributed by atoms with Crippen LogP contribution < -0.4 is 5.73 Å². The number of nitrogens with zero attached hydrogens (tertiary/aromatic N) is 6. The number of ether oxygens (including phenoxy) is 1. The van der Waals surface area contributed by atoms with Gasteiger partial charge in [0.2, 0.25) is 0 Å². The lowest BCUT2D eigenvalue weighted by Gasteiger charge is -2.19. The Balaban J connectivity index is 1.66. The average molecular weight is 510 g/mol. The summed E-state index contributed by atoms with van der Waals surface area (Å²) in [5.41, 5.74) is 11.0. The lowest BCUT2D eigenvalue weighted by Crippen LogP contribution is -2.27. The fourth-order valence-corrected chi connectivity index (χ4v) is 4.65. The molecule has 4 aromatic rings. The Morgan fingerprint density at radius 1 is 1.24 bits per heavy atom. The topological polar surface area (TPSA) is 132 Å². The van der Waals surface area contributed by atoms with E-state index >= 15 is 0 Å². The molecule has 0 fully saturated rings. The van der Waals surface area contributed by atoms with Gasteiger partial charge in [0, 0.05) is 42.0 Å². The van der Waals surface area contributed by atoms with Crippen LogP contribution >= 0.6 is 0 Å². The quantitative estimate of drug-likeness (QED) is 0.316. The van der Waals surface area contributed by atoms with Gasteiger partial charge >= 0.3 is 6.09 Å². The minimum absolute atomic E-state index is 0.135. The number of nitriles is 1. The van der Waals surface area contributed by atoms with Gasteiger partial charge in [-0.3, -0.25) is 9.48 Å². The summed E-state index contributed by atoms with van der Waals surface area (Å²) < 4.78 is 8.52. The van der Waals surface area contributed by atoms with E-state index < -0.39 is 11.7 Å². The number of hydrogen-bond acceptors (Lipinski definition) is 7. The van der Waals surface area contributed by atoms with E-state index in [1.807, 2.05) is 43.6 Å². The number of anilines is 1. The van der Waals surface area contributed by atoms with Gasteiger partial charge in [-0.05, 0) is 55.7 Å². The summed E-state index contributed by atoms with van der Waals surface area (Å²) in [5, 5.41) is 18.8. The van der Waals surface area contributed by atoms with Gasteiger partial charge in [0.05, 0.1) is 29.9 Å². The first-order valence-electron chi connectivity index (χ1n) is 12.0. The number of fused-ring (bicyclic) bond motifs is 2. The molecule has 2 aromatic carbocycles. The molecule has 1 aliphatic heterocycles. The van der Waals surface area contributed by atoms with Gasteiger partial charge in [-0.2, -0.15) is 20.1 Å². The van der Waals surface area contributed by atoms with Crippen LogP contribution in [-0.4, -0.2) is 48.6 Å². The summed E-state index contributed by atoms with van der Waals surface area (Å²) in [4.78, 5) is 27.7. The third-order valence-corrected chi connectivity index (χ3v) is 6.27. The zero-order valence-corrected chi connectivity index (χ0v) is 21.6. The first kappa shape index (κ1) is 24.8. The number of carbonyl (C=O) groups excluding carboxylic acids is 2. The van der Waals surface area contributed by atoms with Gasteiger partial charge < -0.3 is 15.4 Å². The molecule has 192 valence electrons. The molecule has 0 saturated carbocycles. The van der Waals surface area contributed by atoms with Gasteiger partial charge in [0.1, 0.15) is 11.3 Å². The number of hydrogen-bond donors (Lipinski definition) is 1. The Morgan fingerprint density at radius 2 is 2.00 bits per heavy atom. The average Bonchev–Trinajstić information content (AvgIpc) is 3.53. The van der Waals surface area contributed by atoms with E-state index in [4.69, 9.17) is 15.7 Å². The Morgan fingerprint density at radius 3 is 2.66 bits per heavy atom. The summed E-state index contributed by atoms with van der Waals surface area (Å²) in [6.07, 6.45) is 2.93. The minimum Gasteiger partial charge on any atom is -0.442 e. The maximum atomic E-state index is 13.1. The number of benzene rings is 2. The molecule has 0 saturated heterocycles. The van der Waals surface area contributed by atoms with Crippen molar-refractivity contribution < 1.29 is 14.3 Å². The zero-order valence-electron chi connectivity index (χ0n) is 21.6. The van der Waals surface area contributed by atoms with Crippen LogP contribution in [0.3, 0.4) is 0 Å². The largest absolute Gasteiger partial charge is 0.442 e. The molecule has 3 heterocycles. The van der Waals surface area contributed by atoms with Crippen molar-refractivity contribution >= 4 is 28.6 Å². The zero-order chi connectivity index (χ0) is 27.4. The second kappa shape index (κ2) is 8.88. The van der Waals surface area contributed by atoms with E-state index in [2.05, 4.69) is 16.8 Å². The van der Waals surface area contributed by atoms with Crippen molar-refractivity contribution in [2.24, 2.45) is 7.05 Å². The van der Waals surface area contributed by atoms with E-state index in [1.165, 1.54) is 4.68 Å². The normalized spacial score (nSPS) is 13.0. The highest BCUT2D eigenvalue weighted by Gasteiger charge is 2.32. The van der Waals surface area contributed by atoms with E-state index in [1.54, 1.807) is 42.6 Å². The number of nitrogens with two attached hydrogens (primary N) is 1. The van der Waals surface area contributed by atoms with Gasteiger partial charge in [-0.1, -0.05) is 18.7 Å². The highest BCUT2D eigenvalue weighted by atomic mass is 16.6. The third kappa shape index (κ3) is 4.28. The molecule has 0 aliphatic carbocycles. The molecule has 10 nitrogen and oxygen atoms in total. The van der Waals surface area contributed by atoms with E-state index in [9.17, 15) is 9.59 Å². The standard InChI is InChI=1S/C28H27N7O3/c1-16(11-29)13-34-15-21-19(7-8-22(30)24(21)26(34)36)17-6-9-23-20(10-17)25(18-12-31-33(5)14-18)32-35(23)27(37)38-28(2,3)4/h6-10,12,14H,1,13,15,30H2,2-5H3. The van der Waals surface area contributed by atoms with Crippen LogP contribution in [0, 0.1) is 11.3 Å². The molecule has 2 N–H and O–H groups in total. The highest BCUT2D eigenvalue weighted by Crippen LogP contribution is 2.38. The van der Waals surface area contributed by atoms with Crippen LogP contribution in [0.4, 0.5) is 10.5 Å². The van der Waals surface area contributed by atoms with Crippen molar-refractivity contribution in [3.63, 3.8) is 0 Å². The fourth-order valence-electron chi connectivity index (χ4n) is 4.65. The lowest BCUT2D eigenvalue weighted by atomic mass is 9.94. The molecule has 10 heteroatoms. The van der Waals surface area contributed by atoms with Gasteiger partial charge in [-0.25, -0.2) is 4.79 Å². The van der Waals surface area contributed by atoms with Gasteiger partial charge in [0.15, 0.2) is 0 Å². The van der Waals surface area contributed by atoms with Crippen LogP contribution in [0.25, 0.3) is 33.3 Å².